The van der Waals surface area contributed by atoms with Crippen LogP contribution in [-0.2, 0) is 0 Å². The Hall–Kier alpha value is -6.84. The maximum atomic E-state index is 2.40. The van der Waals surface area contributed by atoms with Gasteiger partial charge in [0.1, 0.15) is 0 Å². The number of hydrogen-bond acceptors (Lipinski definition) is 1. The van der Waals surface area contributed by atoms with Crippen LogP contribution in [0.2, 0.25) is 0 Å². The molecule has 2 heterocycles. The zero-order valence-corrected chi connectivity index (χ0v) is 27.9. The molecule has 0 radical (unpaired) electrons. The first-order valence-electron chi connectivity index (χ1n) is 17.4. The van der Waals surface area contributed by atoms with Gasteiger partial charge in [-0.15, -0.1) is 0 Å². The number of benzene rings is 8. The van der Waals surface area contributed by atoms with Crippen LogP contribution in [0, 0.1) is 0 Å². The number of rotatable bonds is 6. The fraction of sp³-hybridized carbons (Fsp3) is 0. The molecule has 0 unspecified atom stereocenters. The van der Waals surface area contributed by atoms with Crippen LogP contribution >= 0.6 is 0 Å². The lowest BCUT2D eigenvalue weighted by Gasteiger charge is -2.26. The highest BCUT2D eigenvalue weighted by molar-refractivity contribution is 6.12. The molecule has 51 heavy (non-hydrogen) atoms. The smallest absolute Gasteiger partial charge is 0.0561 e. The van der Waals surface area contributed by atoms with Crippen LogP contribution in [0.4, 0.5) is 17.1 Å². The summed E-state index contributed by atoms with van der Waals surface area (Å²) in [5, 5.41) is 4.96. The highest BCUT2D eigenvalue weighted by atomic mass is 15.1. The second-order valence-corrected chi connectivity index (χ2v) is 13.0. The van der Waals surface area contributed by atoms with Gasteiger partial charge in [-0.2, -0.15) is 0 Å². The summed E-state index contributed by atoms with van der Waals surface area (Å²) in [4.78, 5) is 2.40. The third-order valence-corrected chi connectivity index (χ3v) is 10.1. The van der Waals surface area contributed by atoms with E-state index in [1.165, 1.54) is 54.7 Å². The molecule has 0 amide bonds. The molecule has 10 aromatic rings. The van der Waals surface area contributed by atoms with Gasteiger partial charge in [-0.1, -0.05) is 127 Å². The highest BCUT2D eigenvalue weighted by Crippen LogP contribution is 2.42. The molecular formula is C48H33N3. The Morgan fingerprint density at radius 1 is 0.275 bits per heavy atom. The van der Waals surface area contributed by atoms with Crippen LogP contribution in [0.15, 0.2) is 200 Å². The number of para-hydroxylation sites is 4. The maximum absolute atomic E-state index is 2.40. The van der Waals surface area contributed by atoms with Gasteiger partial charge < -0.3 is 14.0 Å². The van der Waals surface area contributed by atoms with Crippen molar-refractivity contribution in [1.82, 2.24) is 9.13 Å². The molecule has 3 nitrogen and oxygen atoms in total. The molecule has 2 aromatic heterocycles. The first kappa shape index (κ1) is 29.1. The number of nitrogens with zero attached hydrogens (tertiary/aromatic N) is 3. The Kier molecular flexibility index (Phi) is 6.81. The Morgan fingerprint density at radius 2 is 0.647 bits per heavy atom. The molecule has 0 aliphatic heterocycles. The van der Waals surface area contributed by atoms with E-state index in [1.54, 1.807) is 0 Å². The van der Waals surface area contributed by atoms with Gasteiger partial charge >= 0.3 is 0 Å². The molecule has 0 spiro atoms. The average Bonchev–Trinajstić information content (AvgIpc) is 3.71. The predicted octanol–water partition coefficient (Wildman–Crippen LogP) is 13.0. The van der Waals surface area contributed by atoms with E-state index >= 15 is 0 Å². The Balaban J connectivity index is 1.23. The molecule has 3 heteroatoms. The molecule has 0 aliphatic carbocycles. The molecule has 0 bridgehead atoms. The minimum atomic E-state index is 1.09. The molecule has 0 atom stereocenters. The van der Waals surface area contributed by atoms with Crippen molar-refractivity contribution in [3.8, 4) is 22.5 Å². The summed E-state index contributed by atoms with van der Waals surface area (Å²) in [7, 11) is 0. The minimum Gasteiger partial charge on any atom is -0.310 e. The summed E-state index contributed by atoms with van der Waals surface area (Å²) in [5.74, 6) is 0. The van der Waals surface area contributed by atoms with Gasteiger partial charge in [-0.3, -0.25) is 0 Å². The van der Waals surface area contributed by atoms with E-state index in [9.17, 15) is 0 Å². The van der Waals surface area contributed by atoms with E-state index in [1.807, 2.05) is 0 Å². The van der Waals surface area contributed by atoms with E-state index in [0.29, 0.717) is 0 Å². The SMILES string of the molecule is c1ccc(-c2ccc(N(c3ccc4c5ccccc5n(-c5ccccc5)c4c3)c3ccc4c5ccccc5n(-c5ccccc5)c4c3)cc2)cc1. The van der Waals surface area contributed by atoms with E-state index < -0.39 is 0 Å². The van der Waals surface area contributed by atoms with Gasteiger partial charge in [0.25, 0.3) is 0 Å². The van der Waals surface area contributed by atoms with Crippen molar-refractivity contribution in [3.05, 3.63) is 200 Å². The van der Waals surface area contributed by atoms with Crippen LogP contribution in [-0.4, -0.2) is 9.13 Å². The Labute approximate surface area is 296 Å². The predicted molar refractivity (Wildman–Crippen MR) is 215 cm³/mol. The molecule has 0 saturated heterocycles. The van der Waals surface area contributed by atoms with E-state index in [0.717, 1.165) is 28.4 Å². The van der Waals surface area contributed by atoms with Gasteiger partial charge in [0.05, 0.1) is 22.1 Å². The quantitative estimate of drug-likeness (QED) is 0.174. The fourth-order valence-corrected chi connectivity index (χ4v) is 7.79. The molecule has 8 aromatic carbocycles. The largest absolute Gasteiger partial charge is 0.310 e. The minimum absolute atomic E-state index is 1.09. The maximum Gasteiger partial charge on any atom is 0.0561 e. The molecule has 0 aliphatic rings. The van der Waals surface area contributed by atoms with Crippen molar-refractivity contribution in [2.24, 2.45) is 0 Å². The van der Waals surface area contributed by atoms with Crippen LogP contribution in [0.3, 0.4) is 0 Å². The van der Waals surface area contributed by atoms with Gasteiger partial charge in [0.15, 0.2) is 0 Å². The van der Waals surface area contributed by atoms with Gasteiger partial charge in [-0.05, 0) is 83.9 Å². The van der Waals surface area contributed by atoms with Crippen molar-refractivity contribution in [1.29, 1.82) is 0 Å². The lowest BCUT2D eigenvalue weighted by atomic mass is 10.0. The van der Waals surface area contributed by atoms with Crippen LogP contribution < -0.4 is 4.90 Å². The number of fused-ring (bicyclic) bond motifs is 6. The first-order valence-corrected chi connectivity index (χ1v) is 17.4. The summed E-state index contributed by atoms with van der Waals surface area (Å²) in [6, 6.07) is 72.1. The molecule has 0 fully saturated rings. The van der Waals surface area contributed by atoms with Crippen LogP contribution in [0.5, 0.6) is 0 Å². The summed E-state index contributed by atoms with van der Waals surface area (Å²) >= 11 is 0. The molecular weight excluding hydrogens is 619 g/mol. The lowest BCUT2D eigenvalue weighted by molar-refractivity contribution is 1.17. The number of hydrogen-bond donors (Lipinski definition) is 0. The first-order chi connectivity index (χ1) is 25.3. The van der Waals surface area contributed by atoms with Gasteiger partial charge in [-0.25, -0.2) is 0 Å². The van der Waals surface area contributed by atoms with E-state index in [4.69, 9.17) is 0 Å². The van der Waals surface area contributed by atoms with E-state index in [2.05, 4.69) is 214 Å². The zero-order chi connectivity index (χ0) is 33.7. The second kappa shape index (κ2) is 11.9. The summed E-state index contributed by atoms with van der Waals surface area (Å²) in [6.45, 7) is 0. The van der Waals surface area contributed by atoms with Gasteiger partial charge in [0.2, 0.25) is 0 Å². The molecule has 10 rings (SSSR count). The normalized spacial score (nSPS) is 11.5. The van der Waals surface area contributed by atoms with Crippen LogP contribution in [0.1, 0.15) is 0 Å². The third kappa shape index (κ3) is 4.82. The molecule has 0 N–H and O–H groups in total. The third-order valence-electron chi connectivity index (χ3n) is 10.1. The van der Waals surface area contributed by atoms with Crippen molar-refractivity contribution in [2.75, 3.05) is 4.90 Å². The topological polar surface area (TPSA) is 13.1 Å². The lowest BCUT2D eigenvalue weighted by Crippen LogP contribution is -2.10. The number of aromatic nitrogens is 2. The number of anilines is 3. The summed E-state index contributed by atoms with van der Waals surface area (Å²) in [5.41, 5.74) is 12.7. The summed E-state index contributed by atoms with van der Waals surface area (Å²) < 4.78 is 4.78. The van der Waals surface area contributed by atoms with Crippen LogP contribution in [0.25, 0.3) is 66.1 Å². The molecule has 0 saturated carbocycles. The fourth-order valence-electron chi connectivity index (χ4n) is 7.79. The summed E-state index contributed by atoms with van der Waals surface area (Å²) in [6.07, 6.45) is 0. The Bertz CT molecular complexity index is 2670. The second-order valence-electron chi connectivity index (χ2n) is 13.0. The molecule has 240 valence electrons. The van der Waals surface area contributed by atoms with Crippen molar-refractivity contribution in [3.63, 3.8) is 0 Å². The average molecular weight is 652 g/mol. The monoisotopic (exact) mass is 651 g/mol. The van der Waals surface area contributed by atoms with E-state index in [-0.39, 0.29) is 0 Å². The highest BCUT2D eigenvalue weighted by Gasteiger charge is 2.20. The standard InChI is InChI=1S/C48H33N3/c1-4-14-34(15-5-1)35-24-26-38(27-25-35)49(39-28-30-43-41-20-10-12-22-45(41)50(47(43)32-39)36-16-6-2-7-17-36)40-29-31-44-42-21-11-13-23-46(42)51(48(44)33-40)37-18-8-3-9-19-37/h1-33H. The Morgan fingerprint density at radius 3 is 1.14 bits per heavy atom. The zero-order valence-electron chi connectivity index (χ0n) is 27.9. The van der Waals surface area contributed by atoms with Crippen molar-refractivity contribution >= 4 is 60.7 Å². The van der Waals surface area contributed by atoms with Crippen molar-refractivity contribution in [2.45, 2.75) is 0 Å². The van der Waals surface area contributed by atoms with Gasteiger partial charge in [0, 0.05) is 50.0 Å². The van der Waals surface area contributed by atoms with Crippen molar-refractivity contribution < 1.29 is 0 Å².